The lowest BCUT2D eigenvalue weighted by Crippen LogP contribution is -2.22. The SMILES string of the molecule is CCCC(C)COc1c(Cl)cccc1CC(N)CC. The zero-order valence-corrected chi connectivity index (χ0v) is 13.0. The van der Waals surface area contributed by atoms with Crippen molar-refractivity contribution in [2.75, 3.05) is 6.61 Å². The molecule has 0 saturated heterocycles. The lowest BCUT2D eigenvalue weighted by molar-refractivity contribution is 0.249. The van der Waals surface area contributed by atoms with E-state index in [0.29, 0.717) is 17.5 Å². The Balaban J connectivity index is 2.74. The van der Waals surface area contributed by atoms with Gasteiger partial charge in [-0.25, -0.2) is 0 Å². The molecule has 0 fully saturated rings. The number of hydrogen-bond acceptors (Lipinski definition) is 2. The molecule has 0 amide bonds. The van der Waals surface area contributed by atoms with Gasteiger partial charge >= 0.3 is 0 Å². The third-order valence-corrected chi connectivity index (χ3v) is 3.65. The zero-order valence-electron chi connectivity index (χ0n) is 12.3. The summed E-state index contributed by atoms with van der Waals surface area (Å²) in [5.74, 6) is 1.37. The van der Waals surface area contributed by atoms with Crippen LogP contribution in [0.4, 0.5) is 0 Å². The molecule has 1 aromatic carbocycles. The summed E-state index contributed by atoms with van der Waals surface area (Å²) in [6.07, 6.45) is 4.13. The fourth-order valence-electron chi connectivity index (χ4n) is 2.10. The van der Waals surface area contributed by atoms with E-state index in [2.05, 4.69) is 26.8 Å². The van der Waals surface area contributed by atoms with Gasteiger partial charge in [-0.3, -0.25) is 0 Å². The second kappa shape index (κ2) is 8.44. The Kier molecular flexibility index (Phi) is 7.25. The standard InChI is InChI=1S/C16H26ClNO/c1-4-7-12(3)11-19-16-13(10-14(18)5-2)8-6-9-15(16)17/h6,8-9,12,14H,4-5,7,10-11,18H2,1-3H3. The first-order valence-corrected chi connectivity index (χ1v) is 7.62. The second-order valence-corrected chi connectivity index (χ2v) is 5.71. The molecule has 0 spiro atoms. The van der Waals surface area contributed by atoms with Gasteiger partial charge < -0.3 is 10.5 Å². The Morgan fingerprint density at radius 3 is 2.68 bits per heavy atom. The van der Waals surface area contributed by atoms with Crippen molar-refractivity contribution in [3.8, 4) is 5.75 Å². The Hall–Kier alpha value is -0.730. The van der Waals surface area contributed by atoms with Crippen LogP contribution in [-0.4, -0.2) is 12.6 Å². The molecule has 0 radical (unpaired) electrons. The van der Waals surface area contributed by atoms with Gasteiger partial charge in [-0.15, -0.1) is 0 Å². The summed E-state index contributed by atoms with van der Waals surface area (Å²) in [6, 6.07) is 6.06. The molecule has 2 nitrogen and oxygen atoms in total. The maximum Gasteiger partial charge on any atom is 0.141 e. The summed E-state index contributed by atoms with van der Waals surface area (Å²) in [5, 5.41) is 0.685. The summed E-state index contributed by atoms with van der Waals surface area (Å²) >= 11 is 6.25. The smallest absolute Gasteiger partial charge is 0.141 e. The highest BCUT2D eigenvalue weighted by Crippen LogP contribution is 2.30. The van der Waals surface area contributed by atoms with Crippen molar-refractivity contribution >= 4 is 11.6 Å². The molecule has 108 valence electrons. The summed E-state index contributed by atoms with van der Waals surface area (Å²) in [7, 11) is 0. The van der Waals surface area contributed by atoms with E-state index in [4.69, 9.17) is 22.1 Å². The molecule has 0 aromatic heterocycles. The van der Waals surface area contributed by atoms with Gasteiger partial charge in [0, 0.05) is 6.04 Å². The minimum absolute atomic E-state index is 0.161. The van der Waals surface area contributed by atoms with E-state index < -0.39 is 0 Å². The number of benzene rings is 1. The number of ether oxygens (including phenoxy) is 1. The van der Waals surface area contributed by atoms with E-state index in [9.17, 15) is 0 Å². The van der Waals surface area contributed by atoms with Crippen LogP contribution >= 0.6 is 11.6 Å². The maximum absolute atomic E-state index is 6.25. The predicted octanol–water partition coefficient (Wildman–Crippen LogP) is 4.43. The molecule has 0 aliphatic carbocycles. The Morgan fingerprint density at radius 2 is 2.05 bits per heavy atom. The van der Waals surface area contributed by atoms with Crippen LogP contribution in [0.15, 0.2) is 18.2 Å². The molecule has 19 heavy (non-hydrogen) atoms. The topological polar surface area (TPSA) is 35.2 Å². The summed E-state index contributed by atoms with van der Waals surface area (Å²) < 4.78 is 5.94. The van der Waals surface area contributed by atoms with Gasteiger partial charge in [0.15, 0.2) is 0 Å². The third kappa shape index (κ3) is 5.42. The number of nitrogens with two attached hydrogens (primary N) is 1. The van der Waals surface area contributed by atoms with E-state index in [-0.39, 0.29) is 6.04 Å². The monoisotopic (exact) mass is 283 g/mol. The molecule has 0 heterocycles. The number of halogens is 1. The highest BCUT2D eigenvalue weighted by atomic mass is 35.5. The number of rotatable bonds is 8. The fraction of sp³-hybridized carbons (Fsp3) is 0.625. The Morgan fingerprint density at radius 1 is 1.32 bits per heavy atom. The Bertz CT molecular complexity index is 381. The molecule has 0 aliphatic rings. The van der Waals surface area contributed by atoms with Crippen molar-refractivity contribution in [2.24, 2.45) is 11.7 Å². The lowest BCUT2D eigenvalue weighted by Gasteiger charge is -2.18. The predicted molar refractivity (Wildman–Crippen MR) is 83.0 cm³/mol. The molecule has 1 aromatic rings. The molecule has 3 heteroatoms. The average Bonchev–Trinajstić information content (AvgIpc) is 2.38. The van der Waals surface area contributed by atoms with Crippen LogP contribution in [0.1, 0.15) is 45.6 Å². The third-order valence-electron chi connectivity index (χ3n) is 3.35. The Labute approximate surface area is 122 Å². The van der Waals surface area contributed by atoms with Gasteiger partial charge in [0.2, 0.25) is 0 Å². The first kappa shape index (κ1) is 16.3. The van der Waals surface area contributed by atoms with E-state index in [1.165, 1.54) is 12.8 Å². The van der Waals surface area contributed by atoms with E-state index in [1.54, 1.807) is 0 Å². The van der Waals surface area contributed by atoms with Crippen LogP contribution in [0.25, 0.3) is 0 Å². The normalized spacial score (nSPS) is 14.2. The van der Waals surface area contributed by atoms with Gasteiger partial charge in [0.25, 0.3) is 0 Å². The first-order chi connectivity index (χ1) is 9.08. The van der Waals surface area contributed by atoms with Crippen LogP contribution in [0, 0.1) is 5.92 Å². The van der Waals surface area contributed by atoms with Gasteiger partial charge in [-0.1, -0.05) is 50.9 Å². The molecular weight excluding hydrogens is 258 g/mol. The van der Waals surface area contributed by atoms with Crippen molar-refractivity contribution in [3.05, 3.63) is 28.8 Å². The van der Waals surface area contributed by atoms with Crippen LogP contribution in [0.3, 0.4) is 0 Å². The van der Waals surface area contributed by atoms with Crippen molar-refractivity contribution in [2.45, 2.75) is 52.5 Å². The molecule has 0 bridgehead atoms. The molecule has 2 N–H and O–H groups in total. The summed E-state index contributed by atoms with van der Waals surface area (Å²) in [5.41, 5.74) is 7.15. The van der Waals surface area contributed by atoms with E-state index >= 15 is 0 Å². The van der Waals surface area contributed by atoms with Crippen molar-refractivity contribution < 1.29 is 4.74 Å². The summed E-state index contributed by atoms with van der Waals surface area (Å²) in [6.45, 7) is 7.21. The first-order valence-electron chi connectivity index (χ1n) is 7.24. The molecule has 0 saturated carbocycles. The quantitative estimate of drug-likeness (QED) is 0.766. The van der Waals surface area contributed by atoms with Gasteiger partial charge in [-0.2, -0.15) is 0 Å². The van der Waals surface area contributed by atoms with Gasteiger partial charge in [-0.05, 0) is 36.8 Å². The maximum atomic E-state index is 6.25. The van der Waals surface area contributed by atoms with Gasteiger partial charge in [0.05, 0.1) is 11.6 Å². The van der Waals surface area contributed by atoms with Crippen molar-refractivity contribution in [1.29, 1.82) is 0 Å². The van der Waals surface area contributed by atoms with Crippen LogP contribution in [0.2, 0.25) is 5.02 Å². The number of hydrogen-bond donors (Lipinski definition) is 1. The average molecular weight is 284 g/mol. The fourth-order valence-corrected chi connectivity index (χ4v) is 2.35. The van der Waals surface area contributed by atoms with Crippen LogP contribution < -0.4 is 10.5 Å². The molecule has 0 aliphatic heterocycles. The molecule has 2 unspecified atom stereocenters. The van der Waals surface area contributed by atoms with Crippen LogP contribution in [-0.2, 0) is 6.42 Å². The zero-order chi connectivity index (χ0) is 14.3. The largest absolute Gasteiger partial charge is 0.491 e. The minimum Gasteiger partial charge on any atom is -0.491 e. The highest BCUT2D eigenvalue weighted by molar-refractivity contribution is 6.32. The molecule has 1 rings (SSSR count). The summed E-state index contributed by atoms with van der Waals surface area (Å²) in [4.78, 5) is 0. The van der Waals surface area contributed by atoms with E-state index in [0.717, 1.165) is 24.2 Å². The van der Waals surface area contributed by atoms with Crippen molar-refractivity contribution in [3.63, 3.8) is 0 Å². The molecule has 2 atom stereocenters. The second-order valence-electron chi connectivity index (χ2n) is 5.31. The molecular formula is C16H26ClNO. The number of para-hydroxylation sites is 1. The minimum atomic E-state index is 0.161. The van der Waals surface area contributed by atoms with Gasteiger partial charge in [0.1, 0.15) is 5.75 Å². The highest BCUT2D eigenvalue weighted by Gasteiger charge is 2.12. The lowest BCUT2D eigenvalue weighted by atomic mass is 10.0. The van der Waals surface area contributed by atoms with E-state index in [1.807, 2.05) is 12.1 Å². The van der Waals surface area contributed by atoms with Crippen LogP contribution in [0.5, 0.6) is 5.75 Å². The van der Waals surface area contributed by atoms with Crippen molar-refractivity contribution in [1.82, 2.24) is 0 Å².